The number of ether oxygens (including phenoxy) is 2. The highest BCUT2D eigenvalue weighted by atomic mass is 16.7. The molecule has 0 aromatic carbocycles. The van der Waals surface area contributed by atoms with E-state index in [4.69, 9.17) is 19.7 Å². The molecule has 9 heteroatoms. The number of carboxylic acid groups (broad SMARTS) is 1. The minimum Gasteiger partial charge on any atom is -0.481 e. The standard InChI is InChI=1S/C18H28O9/c19-9-13-15(23)16(24)17(25)18(27-13)26-7-3-1-2-4-11-10(8-14(21)22)5-6-12(11)20/h1-2,10-11,13,15-19,23-25H,3-9H2,(H,21,22)/b2-1-/t10-,11+,13-,15-,16+,17+,18+/m1/s1. The van der Waals surface area contributed by atoms with Crippen LogP contribution in [-0.2, 0) is 19.1 Å². The smallest absolute Gasteiger partial charge is 0.303 e. The van der Waals surface area contributed by atoms with E-state index in [0.29, 0.717) is 25.7 Å². The molecule has 1 saturated heterocycles. The van der Waals surface area contributed by atoms with E-state index in [1.54, 1.807) is 6.08 Å². The van der Waals surface area contributed by atoms with E-state index in [1.165, 1.54) is 0 Å². The van der Waals surface area contributed by atoms with Gasteiger partial charge in [-0.15, -0.1) is 0 Å². The molecule has 0 aromatic rings. The van der Waals surface area contributed by atoms with Crippen molar-refractivity contribution in [2.75, 3.05) is 13.2 Å². The first-order valence-corrected chi connectivity index (χ1v) is 9.16. The van der Waals surface area contributed by atoms with Gasteiger partial charge in [-0.05, 0) is 25.2 Å². The van der Waals surface area contributed by atoms with Crippen LogP contribution in [0.5, 0.6) is 0 Å². The zero-order valence-electron chi connectivity index (χ0n) is 15.0. The molecule has 0 radical (unpaired) electrons. The predicted octanol–water partition coefficient (Wildman–Crippen LogP) is -0.791. The lowest BCUT2D eigenvalue weighted by atomic mass is 9.89. The molecule has 0 aromatic heterocycles. The average Bonchev–Trinajstić information content (AvgIpc) is 2.96. The number of hydrogen-bond acceptors (Lipinski definition) is 8. The second kappa shape index (κ2) is 10.3. The lowest BCUT2D eigenvalue weighted by Crippen LogP contribution is -2.59. The summed E-state index contributed by atoms with van der Waals surface area (Å²) in [5, 5.41) is 47.3. The fraction of sp³-hybridized carbons (Fsp3) is 0.778. The van der Waals surface area contributed by atoms with Gasteiger partial charge in [-0.1, -0.05) is 12.2 Å². The Morgan fingerprint density at radius 3 is 2.59 bits per heavy atom. The molecule has 9 nitrogen and oxygen atoms in total. The molecule has 1 aliphatic carbocycles. The molecule has 154 valence electrons. The molecule has 0 amide bonds. The van der Waals surface area contributed by atoms with E-state index in [9.17, 15) is 24.9 Å². The van der Waals surface area contributed by atoms with E-state index in [0.717, 1.165) is 0 Å². The van der Waals surface area contributed by atoms with Crippen LogP contribution < -0.4 is 0 Å². The van der Waals surface area contributed by atoms with Gasteiger partial charge in [0.25, 0.3) is 0 Å². The summed E-state index contributed by atoms with van der Waals surface area (Å²) in [5.41, 5.74) is 0. The van der Waals surface area contributed by atoms with Crippen molar-refractivity contribution in [3.8, 4) is 0 Å². The number of carbonyl (C=O) groups is 2. The summed E-state index contributed by atoms with van der Waals surface area (Å²) in [4.78, 5) is 22.7. The zero-order chi connectivity index (χ0) is 20.0. The van der Waals surface area contributed by atoms with Crippen molar-refractivity contribution in [3.63, 3.8) is 0 Å². The van der Waals surface area contributed by atoms with Crippen molar-refractivity contribution in [2.24, 2.45) is 11.8 Å². The first-order valence-electron chi connectivity index (χ1n) is 9.16. The van der Waals surface area contributed by atoms with Crippen LogP contribution in [0.25, 0.3) is 0 Å². The van der Waals surface area contributed by atoms with Gasteiger partial charge in [0, 0.05) is 18.8 Å². The Morgan fingerprint density at radius 2 is 1.93 bits per heavy atom. The van der Waals surface area contributed by atoms with Crippen LogP contribution in [0.1, 0.15) is 32.1 Å². The molecular weight excluding hydrogens is 360 g/mol. The van der Waals surface area contributed by atoms with Crippen LogP contribution in [0.15, 0.2) is 12.2 Å². The summed E-state index contributed by atoms with van der Waals surface area (Å²) in [7, 11) is 0. The van der Waals surface area contributed by atoms with Gasteiger partial charge < -0.3 is 35.0 Å². The van der Waals surface area contributed by atoms with Crippen molar-refractivity contribution >= 4 is 11.8 Å². The Hall–Kier alpha value is -1.36. The van der Waals surface area contributed by atoms with E-state index < -0.39 is 43.3 Å². The van der Waals surface area contributed by atoms with Crippen molar-refractivity contribution in [2.45, 2.75) is 62.8 Å². The van der Waals surface area contributed by atoms with E-state index in [1.807, 2.05) is 6.08 Å². The molecule has 1 saturated carbocycles. The molecule has 7 atom stereocenters. The summed E-state index contributed by atoms with van der Waals surface area (Å²) < 4.78 is 10.6. The van der Waals surface area contributed by atoms with E-state index >= 15 is 0 Å². The zero-order valence-corrected chi connectivity index (χ0v) is 15.0. The van der Waals surface area contributed by atoms with Crippen LogP contribution in [0.4, 0.5) is 0 Å². The van der Waals surface area contributed by atoms with Gasteiger partial charge in [-0.3, -0.25) is 9.59 Å². The molecule has 2 rings (SSSR count). The number of rotatable bonds is 9. The Morgan fingerprint density at radius 1 is 1.19 bits per heavy atom. The fourth-order valence-electron chi connectivity index (χ4n) is 3.59. The van der Waals surface area contributed by atoms with Gasteiger partial charge in [-0.2, -0.15) is 0 Å². The number of carboxylic acids is 1. The summed E-state index contributed by atoms with van der Waals surface area (Å²) in [6, 6.07) is 0. The maximum absolute atomic E-state index is 11.9. The molecule has 2 aliphatic rings. The first kappa shape index (κ1) is 21.9. The quantitative estimate of drug-likeness (QED) is 0.252. The van der Waals surface area contributed by atoms with Gasteiger partial charge in [0.05, 0.1) is 13.2 Å². The Kier molecular flexibility index (Phi) is 8.33. The number of carbonyl (C=O) groups excluding carboxylic acids is 1. The number of aliphatic carboxylic acids is 1. The third-order valence-corrected chi connectivity index (χ3v) is 5.15. The summed E-state index contributed by atoms with van der Waals surface area (Å²) in [6.07, 6.45) is -0.898. The summed E-state index contributed by atoms with van der Waals surface area (Å²) in [6.45, 7) is -0.353. The number of aliphatic hydroxyl groups is 4. The molecular formula is C18H28O9. The SMILES string of the molecule is O=C(O)C[C@H]1CCC(=O)[C@H]1C/C=C\CCO[C@H]1O[C@H](CO)[C@@H](O)[C@H](O)[C@@H]1O. The first-order chi connectivity index (χ1) is 12.8. The minimum atomic E-state index is -1.48. The van der Waals surface area contributed by atoms with Crippen molar-refractivity contribution in [1.29, 1.82) is 0 Å². The number of Topliss-reactive ketones (excluding diaryl/α,β-unsaturated/α-hetero) is 1. The number of allylic oxidation sites excluding steroid dienone is 1. The topological polar surface area (TPSA) is 154 Å². The molecule has 0 spiro atoms. The van der Waals surface area contributed by atoms with Crippen LogP contribution >= 0.6 is 0 Å². The Balaban J connectivity index is 1.73. The Bertz CT molecular complexity index is 533. The third kappa shape index (κ3) is 5.81. The lowest BCUT2D eigenvalue weighted by Gasteiger charge is -2.39. The summed E-state index contributed by atoms with van der Waals surface area (Å²) >= 11 is 0. The van der Waals surface area contributed by atoms with E-state index in [-0.39, 0.29) is 30.6 Å². The maximum atomic E-state index is 11.9. The van der Waals surface area contributed by atoms with E-state index in [2.05, 4.69) is 0 Å². The second-order valence-electron chi connectivity index (χ2n) is 7.03. The van der Waals surface area contributed by atoms with Crippen molar-refractivity contribution in [1.82, 2.24) is 0 Å². The van der Waals surface area contributed by atoms with Gasteiger partial charge in [0.1, 0.15) is 30.2 Å². The van der Waals surface area contributed by atoms with Crippen molar-refractivity contribution < 1.29 is 44.6 Å². The molecule has 27 heavy (non-hydrogen) atoms. The van der Waals surface area contributed by atoms with Crippen LogP contribution in [0.3, 0.4) is 0 Å². The molecule has 1 aliphatic heterocycles. The maximum Gasteiger partial charge on any atom is 0.303 e. The molecule has 5 N–H and O–H groups in total. The minimum absolute atomic E-state index is 0.00443. The van der Waals surface area contributed by atoms with Crippen LogP contribution in [-0.4, -0.2) is 81.2 Å². The molecule has 1 heterocycles. The Labute approximate surface area is 157 Å². The predicted molar refractivity (Wildman–Crippen MR) is 91.6 cm³/mol. The number of aliphatic hydroxyl groups excluding tert-OH is 4. The summed E-state index contributed by atoms with van der Waals surface area (Å²) in [5.74, 6) is -1.17. The molecule has 2 fully saturated rings. The van der Waals surface area contributed by atoms with Crippen molar-refractivity contribution in [3.05, 3.63) is 12.2 Å². The normalized spacial score (nSPS) is 37.2. The fourth-order valence-corrected chi connectivity index (χ4v) is 3.59. The highest BCUT2D eigenvalue weighted by Gasteiger charge is 2.43. The van der Waals surface area contributed by atoms with Gasteiger partial charge >= 0.3 is 5.97 Å². The second-order valence-corrected chi connectivity index (χ2v) is 7.03. The third-order valence-electron chi connectivity index (χ3n) is 5.15. The van der Waals surface area contributed by atoms with Gasteiger partial charge in [0.15, 0.2) is 6.29 Å². The van der Waals surface area contributed by atoms with Crippen LogP contribution in [0.2, 0.25) is 0 Å². The average molecular weight is 388 g/mol. The van der Waals surface area contributed by atoms with Crippen LogP contribution in [0, 0.1) is 11.8 Å². The number of ketones is 1. The van der Waals surface area contributed by atoms with Gasteiger partial charge in [0.2, 0.25) is 0 Å². The molecule has 0 unspecified atom stereocenters. The lowest BCUT2D eigenvalue weighted by molar-refractivity contribution is -0.300. The highest BCUT2D eigenvalue weighted by Crippen LogP contribution is 2.34. The largest absolute Gasteiger partial charge is 0.481 e. The monoisotopic (exact) mass is 388 g/mol. The number of hydrogen-bond donors (Lipinski definition) is 5. The van der Waals surface area contributed by atoms with Gasteiger partial charge in [-0.25, -0.2) is 0 Å². The molecule has 0 bridgehead atoms. The highest BCUT2D eigenvalue weighted by molar-refractivity contribution is 5.84.